The van der Waals surface area contributed by atoms with Gasteiger partial charge in [0.15, 0.2) is 0 Å². The van der Waals surface area contributed by atoms with E-state index < -0.39 is 5.97 Å². The van der Waals surface area contributed by atoms with Crippen LogP contribution in [-0.2, 0) is 0 Å². The second kappa shape index (κ2) is 4.98. The van der Waals surface area contributed by atoms with Gasteiger partial charge < -0.3 is 16.2 Å². The zero-order chi connectivity index (χ0) is 13.1. The van der Waals surface area contributed by atoms with E-state index in [1.165, 1.54) is 12.1 Å². The van der Waals surface area contributed by atoms with E-state index in [1.807, 2.05) is 12.1 Å². The van der Waals surface area contributed by atoms with Crippen molar-refractivity contribution in [2.24, 2.45) is 0 Å². The summed E-state index contributed by atoms with van der Waals surface area (Å²) in [5.74, 6) is -1.00. The molecule has 0 saturated heterocycles. The van der Waals surface area contributed by atoms with Gasteiger partial charge in [-0.15, -0.1) is 0 Å². The van der Waals surface area contributed by atoms with Crippen LogP contribution in [0.3, 0.4) is 0 Å². The Bertz CT molecular complexity index is 599. The average molecular weight is 263 g/mol. The molecule has 4 nitrogen and oxygen atoms in total. The first-order chi connectivity index (χ1) is 8.58. The van der Waals surface area contributed by atoms with Gasteiger partial charge in [-0.25, -0.2) is 4.79 Å². The summed E-state index contributed by atoms with van der Waals surface area (Å²) in [5.41, 5.74) is 7.60. The van der Waals surface area contributed by atoms with Gasteiger partial charge in [0, 0.05) is 0 Å². The fourth-order valence-electron chi connectivity index (χ4n) is 1.51. The second-order valence-electron chi connectivity index (χ2n) is 3.71. The molecule has 2 aromatic rings. The Morgan fingerprint density at radius 3 is 2.56 bits per heavy atom. The van der Waals surface area contributed by atoms with Crippen LogP contribution in [-0.4, -0.2) is 11.1 Å². The molecule has 0 radical (unpaired) electrons. The maximum Gasteiger partial charge on any atom is 0.335 e. The predicted molar refractivity (Wildman–Crippen MR) is 72.5 cm³/mol. The number of hydrogen-bond donors (Lipinski definition) is 3. The Hall–Kier alpha value is -2.20. The first kappa shape index (κ1) is 12.3. The van der Waals surface area contributed by atoms with E-state index in [0.717, 1.165) is 0 Å². The van der Waals surface area contributed by atoms with Gasteiger partial charge in [-0.1, -0.05) is 23.7 Å². The average Bonchev–Trinajstić information content (AvgIpc) is 2.34. The summed E-state index contributed by atoms with van der Waals surface area (Å²) in [7, 11) is 0. The van der Waals surface area contributed by atoms with Gasteiger partial charge in [-0.3, -0.25) is 0 Å². The highest BCUT2D eigenvalue weighted by atomic mass is 35.5. The van der Waals surface area contributed by atoms with Gasteiger partial charge in [0.2, 0.25) is 0 Å². The Morgan fingerprint density at radius 2 is 1.89 bits per heavy atom. The van der Waals surface area contributed by atoms with Gasteiger partial charge in [0.05, 0.1) is 27.6 Å². The molecule has 0 fully saturated rings. The van der Waals surface area contributed by atoms with Gasteiger partial charge in [-0.05, 0) is 30.3 Å². The lowest BCUT2D eigenvalue weighted by Crippen LogP contribution is -2.01. The third-order valence-electron chi connectivity index (χ3n) is 2.44. The van der Waals surface area contributed by atoms with Crippen LogP contribution >= 0.6 is 11.6 Å². The highest BCUT2D eigenvalue weighted by Gasteiger charge is 2.08. The molecule has 0 aliphatic rings. The highest BCUT2D eigenvalue weighted by molar-refractivity contribution is 6.33. The van der Waals surface area contributed by atoms with Crippen LogP contribution in [0.1, 0.15) is 10.4 Å². The number of carboxylic acids is 1. The lowest BCUT2D eigenvalue weighted by molar-refractivity contribution is 0.0697. The van der Waals surface area contributed by atoms with Crippen molar-refractivity contribution in [2.45, 2.75) is 0 Å². The number of carbonyl (C=O) groups is 1. The van der Waals surface area contributed by atoms with Crippen molar-refractivity contribution in [3.05, 3.63) is 53.1 Å². The summed E-state index contributed by atoms with van der Waals surface area (Å²) in [5, 5.41) is 12.5. The van der Waals surface area contributed by atoms with Gasteiger partial charge in [0.1, 0.15) is 0 Å². The summed E-state index contributed by atoms with van der Waals surface area (Å²) in [4.78, 5) is 10.9. The Labute approximate surface area is 109 Å². The van der Waals surface area contributed by atoms with Crippen LogP contribution < -0.4 is 11.1 Å². The maximum atomic E-state index is 10.9. The van der Waals surface area contributed by atoms with E-state index in [1.54, 1.807) is 18.2 Å². The third kappa shape index (κ3) is 2.55. The number of rotatable bonds is 3. The molecule has 0 unspecified atom stereocenters. The molecule has 92 valence electrons. The molecule has 0 heterocycles. The van der Waals surface area contributed by atoms with Gasteiger partial charge in [0.25, 0.3) is 0 Å². The van der Waals surface area contributed by atoms with E-state index in [4.69, 9.17) is 22.4 Å². The van der Waals surface area contributed by atoms with E-state index in [2.05, 4.69) is 5.32 Å². The number of benzene rings is 2. The molecule has 18 heavy (non-hydrogen) atoms. The van der Waals surface area contributed by atoms with Gasteiger partial charge >= 0.3 is 5.97 Å². The molecule has 0 amide bonds. The molecule has 0 atom stereocenters. The van der Waals surface area contributed by atoms with Crippen LogP contribution in [0.15, 0.2) is 42.5 Å². The Kier molecular flexibility index (Phi) is 3.39. The summed E-state index contributed by atoms with van der Waals surface area (Å²) < 4.78 is 0. The quantitative estimate of drug-likeness (QED) is 0.742. The molecular formula is C13H11ClN2O2. The molecule has 0 aliphatic heterocycles. The largest absolute Gasteiger partial charge is 0.478 e. The summed E-state index contributed by atoms with van der Waals surface area (Å²) in [6.07, 6.45) is 0. The SMILES string of the molecule is Nc1ccc(C(=O)O)cc1Nc1ccccc1Cl. The van der Waals surface area contributed by atoms with E-state index in [-0.39, 0.29) is 5.56 Å². The topological polar surface area (TPSA) is 75.4 Å². The molecule has 0 aromatic heterocycles. The van der Waals surface area contributed by atoms with Crippen LogP contribution in [0.2, 0.25) is 5.02 Å². The minimum Gasteiger partial charge on any atom is -0.478 e. The lowest BCUT2D eigenvalue weighted by Gasteiger charge is -2.11. The number of nitrogens with two attached hydrogens (primary N) is 1. The fraction of sp³-hybridized carbons (Fsp3) is 0. The van der Waals surface area contributed by atoms with E-state index in [0.29, 0.717) is 22.1 Å². The van der Waals surface area contributed by atoms with Crippen LogP contribution in [0.4, 0.5) is 17.1 Å². The van der Waals surface area contributed by atoms with Crippen molar-refractivity contribution < 1.29 is 9.90 Å². The molecule has 2 rings (SSSR count). The van der Waals surface area contributed by atoms with Crippen molar-refractivity contribution in [3.8, 4) is 0 Å². The van der Waals surface area contributed by atoms with E-state index in [9.17, 15) is 4.79 Å². The number of halogens is 1. The molecule has 0 saturated carbocycles. The minimum absolute atomic E-state index is 0.166. The summed E-state index contributed by atoms with van der Waals surface area (Å²) in [6, 6.07) is 11.6. The van der Waals surface area contributed by atoms with Crippen molar-refractivity contribution in [1.82, 2.24) is 0 Å². The standard InChI is InChI=1S/C13H11ClN2O2/c14-9-3-1-2-4-11(9)16-12-7-8(13(17)18)5-6-10(12)15/h1-7,16H,15H2,(H,17,18). The number of nitrogen functional groups attached to an aromatic ring is 1. The fourth-order valence-corrected chi connectivity index (χ4v) is 1.69. The predicted octanol–water partition coefficient (Wildman–Crippen LogP) is 3.36. The van der Waals surface area contributed by atoms with Crippen molar-refractivity contribution >= 4 is 34.6 Å². The maximum absolute atomic E-state index is 10.9. The molecule has 0 bridgehead atoms. The van der Waals surface area contributed by atoms with Gasteiger partial charge in [-0.2, -0.15) is 0 Å². The monoisotopic (exact) mass is 262 g/mol. The zero-order valence-electron chi connectivity index (χ0n) is 9.35. The van der Waals surface area contributed by atoms with Crippen molar-refractivity contribution in [2.75, 3.05) is 11.1 Å². The Balaban J connectivity index is 2.37. The number of anilines is 3. The molecule has 5 heteroatoms. The first-order valence-electron chi connectivity index (χ1n) is 5.22. The molecule has 0 aliphatic carbocycles. The number of carboxylic acid groups (broad SMARTS) is 1. The summed E-state index contributed by atoms with van der Waals surface area (Å²) in [6.45, 7) is 0. The molecule has 4 N–H and O–H groups in total. The highest BCUT2D eigenvalue weighted by Crippen LogP contribution is 2.28. The zero-order valence-corrected chi connectivity index (χ0v) is 10.1. The second-order valence-corrected chi connectivity index (χ2v) is 4.12. The van der Waals surface area contributed by atoms with Crippen molar-refractivity contribution in [1.29, 1.82) is 0 Å². The number of aromatic carboxylic acids is 1. The van der Waals surface area contributed by atoms with Crippen LogP contribution in [0.25, 0.3) is 0 Å². The number of hydrogen-bond acceptors (Lipinski definition) is 3. The van der Waals surface area contributed by atoms with Crippen LogP contribution in [0.5, 0.6) is 0 Å². The normalized spacial score (nSPS) is 10.1. The third-order valence-corrected chi connectivity index (χ3v) is 2.77. The minimum atomic E-state index is -1.00. The lowest BCUT2D eigenvalue weighted by atomic mass is 10.1. The Morgan fingerprint density at radius 1 is 1.17 bits per heavy atom. The van der Waals surface area contributed by atoms with Crippen molar-refractivity contribution in [3.63, 3.8) is 0 Å². The first-order valence-corrected chi connectivity index (χ1v) is 5.60. The number of nitrogens with one attached hydrogen (secondary N) is 1. The molecule has 2 aromatic carbocycles. The summed E-state index contributed by atoms with van der Waals surface area (Å²) >= 11 is 6.01. The number of para-hydroxylation sites is 1. The van der Waals surface area contributed by atoms with Crippen LogP contribution in [0, 0.1) is 0 Å². The van der Waals surface area contributed by atoms with E-state index >= 15 is 0 Å². The molecule has 0 spiro atoms. The molecular weight excluding hydrogens is 252 g/mol. The smallest absolute Gasteiger partial charge is 0.335 e.